The number of aromatic nitrogens is 1. The zero-order valence-electron chi connectivity index (χ0n) is 13.5. The second-order valence-electron chi connectivity index (χ2n) is 5.59. The van der Waals surface area contributed by atoms with Gasteiger partial charge in [-0.1, -0.05) is 18.2 Å². The first-order valence-electron chi connectivity index (χ1n) is 7.62. The van der Waals surface area contributed by atoms with E-state index in [1.807, 2.05) is 24.3 Å². The van der Waals surface area contributed by atoms with E-state index in [-0.39, 0.29) is 18.9 Å². The molecule has 7 heteroatoms. The highest BCUT2D eigenvalue weighted by Gasteiger charge is 2.39. The van der Waals surface area contributed by atoms with Crippen molar-refractivity contribution < 1.29 is 23.9 Å². The lowest BCUT2D eigenvalue weighted by atomic mass is 9.96. The first-order chi connectivity index (χ1) is 11.6. The van der Waals surface area contributed by atoms with Crippen molar-refractivity contribution in [1.82, 2.24) is 9.88 Å². The van der Waals surface area contributed by atoms with Gasteiger partial charge in [0.25, 0.3) is 5.91 Å². The van der Waals surface area contributed by atoms with Gasteiger partial charge in [0.05, 0.1) is 20.6 Å². The summed E-state index contributed by atoms with van der Waals surface area (Å²) in [6.45, 7) is 0.0973. The second-order valence-corrected chi connectivity index (χ2v) is 5.59. The molecule has 0 radical (unpaired) electrons. The largest absolute Gasteiger partial charge is 0.469 e. The van der Waals surface area contributed by atoms with Gasteiger partial charge >= 0.3 is 11.9 Å². The van der Waals surface area contributed by atoms with Gasteiger partial charge in [-0.15, -0.1) is 0 Å². The van der Waals surface area contributed by atoms with Crippen LogP contribution in [0.15, 0.2) is 24.3 Å². The summed E-state index contributed by atoms with van der Waals surface area (Å²) in [5.41, 5.74) is 2.11. The average molecular weight is 330 g/mol. The molecule has 1 aliphatic heterocycles. The summed E-state index contributed by atoms with van der Waals surface area (Å²) in [6, 6.07) is 6.81. The molecule has 1 N–H and O–H groups in total. The Kier molecular flexibility index (Phi) is 4.24. The highest BCUT2D eigenvalue weighted by Crippen LogP contribution is 2.30. The molecule has 1 amide bonds. The van der Waals surface area contributed by atoms with Gasteiger partial charge < -0.3 is 19.4 Å². The summed E-state index contributed by atoms with van der Waals surface area (Å²) in [7, 11) is 2.57. The van der Waals surface area contributed by atoms with E-state index in [1.54, 1.807) is 0 Å². The highest BCUT2D eigenvalue weighted by molar-refractivity contribution is 6.04. The van der Waals surface area contributed by atoms with Gasteiger partial charge in [-0.2, -0.15) is 0 Å². The van der Waals surface area contributed by atoms with Crippen LogP contribution >= 0.6 is 0 Å². The normalized spacial score (nSPS) is 16.8. The fourth-order valence-electron chi connectivity index (χ4n) is 3.10. The third-order valence-corrected chi connectivity index (χ3v) is 4.32. The minimum Gasteiger partial charge on any atom is -0.469 e. The lowest BCUT2D eigenvalue weighted by Crippen LogP contribution is -2.51. The van der Waals surface area contributed by atoms with E-state index in [0.717, 1.165) is 16.5 Å². The maximum atomic E-state index is 12.9. The molecule has 1 aliphatic rings. The summed E-state index contributed by atoms with van der Waals surface area (Å²) in [4.78, 5) is 40.9. The molecular formula is C17H18N2O5. The monoisotopic (exact) mass is 330 g/mol. The number of nitrogens with zero attached hydrogens (tertiary/aromatic N) is 1. The fraction of sp³-hybridized carbons (Fsp3) is 0.353. The average Bonchev–Trinajstić information content (AvgIpc) is 2.98. The molecule has 2 heterocycles. The highest BCUT2D eigenvalue weighted by atomic mass is 16.5. The summed E-state index contributed by atoms with van der Waals surface area (Å²) in [6.07, 6.45) is 0.365. The molecule has 1 unspecified atom stereocenters. The number of H-pyrrole nitrogens is 1. The van der Waals surface area contributed by atoms with E-state index in [4.69, 9.17) is 4.74 Å². The molecule has 7 nitrogen and oxygen atoms in total. The van der Waals surface area contributed by atoms with Crippen molar-refractivity contribution in [3.63, 3.8) is 0 Å². The fourth-order valence-corrected chi connectivity index (χ4v) is 3.10. The number of hydrogen-bond acceptors (Lipinski definition) is 5. The Morgan fingerprint density at radius 1 is 1.25 bits per heavy atom. The van der Waals surface area contributed by atoms with Crippen LogP contribution in [0.3, 0.4) is 0 Å². The number of fused-ring (bicyclic) bond motifs is 3. The molecule has 24 heavy (non-hydrogen) atoms. The Balaban J connectivity index is 2.00. The van der Waals surface area contributed by atoms with Crippen molar-refractivity contribution in [2.75, 3.05) is 20.8 Å². The Morgan fingerprint density at radius 3 is 2.71 bits per heavy atom. The standard InChI is InChI=1S/C17H18N2O5/c1-23-14(20)7-8-19-13(17(22)24-2)9-11-10-5-3-4-6-12(10)18-15(11)16(19)21/h3-6,13,18H,7-9H2,1-2H3. The molecule has 1 atom stereocenters. The number of esters is 2. The van der Waals surface area contributed by atoms with Gasteiger partial charge in [0.1, 0.15) is 11.7 Å². The molecule has 1 aromatic carbocycles. The number of nitrogens with one attached hydrogen (secondary N) is 1. The molecular weight excluding hydrogens is 312 g/mol. The molecule has 0 saturated heterocycles. The van der Waals surface area contributed by atoms with Crippen LogP contribution in [0.5, 0.6) is 0 Å². The van der Waals surface area contributed by atoms with Crippen LogP contribution in [0, 0.1) is 0 Å². The molecule has 0 saturated carbocycles. The van der Waals surface area contributed by atoms with E-state index in [2.05, 4.69) is 9.72 Å². The number of amides is 1. The number of carbonyl (C=O) groups excluding carboxylic acids is 3. The Bertz CT molecular complexity index is 810. The van der Waals surface area contributed by atoms with E-state index >= 15 is 0 Å². The maximum Gasteiger partial charge on any atom is 0.328 e. The topological polar surface area (TPSA) is 88.7 Å². The minimum atomic E-state index is -0.751. The molecule has 0 bridgehead atoms. The van der Waals surface area contributed by atoms with Gasteiger partial charge in [-0.25, -0.2) is 4.79 Å². The van der Waals surface area contributed by atoms with Gasteiger partial charge in [-0.3, -0.25) is 9.59 Å². The molecule has 0 spiro atoms. The molecule has 126 valence electrons. The smallest absolute Gasteiger partial charge is 0.328 e. The van der Waals surface area contributed by atoms with Gasteiger partial charge in [0.2, 0.25) is 0 Å². The minimum absolute atomic E-state index is 0.0191. The predicted octanol–water partition coefficient (Wildman–Crippen LogP) is 1.27. The number of hydrogen-bond donors (Lipinski definition) is 1. The van der Waals surface area contributed by atoms with Crippen molar-refractivity contribution in [2.45, 2.75) is 18.9 Å². The number of ether oxygens (including phenoxy) is 2. The van der Waals surface area contributed by atoms with Gasteiger partial charge in [0, 0.05) is 23.9 Å². The number of carbonyl (C=O) groups is 3. The van der Waals surface area contributed by atoms with Gasteiger partial charge in [0.15, 0.2) is 0 Å². The number of methoxy groups -OCH3 is 2. The predicted molar refractivity (Wildman–Crippen MR) is 85.5 cm³/mol. The molecule has 0 fully saturated rings. The zero-order valence-corrected chi connectivity index (χ0v) is 13.5. The SMILES string of the molecule is COC(=O)CCN1C(=O)c2[nH]c3ccccc3c2CC1C(=O)OC. The first kappa shape index (κ1) is 16.0. The van der Waals surface area contributed by atoms with Crippen molar-refractivity contribution in [1.29, 1.82) is 0 Å². The van der Waals surface area contributed by atoms with E-state index in [9.17, 15) is 14.4 Å². The Morgan fingerprint density at radius 2 is 2.00 bits per heavy atom. The van der Waals surface area contributed by atoms with Crippen molar-refractivity contribution in [3.8, 4) is 0 Å². The number of aromatic amines is 1. The van der Waals surface area contributed by atoms with E-state index < -0.39 is 18.0 Å². The number of benzene rings is 1. The van der Waals surface area contributed by atoms with Crippen LogP contribution in [0.4, 0.5) is 0 Å². The lowest BCUT2D eigenvalue weighted by molar-refractivity contribution is -0.147. The molecule has 2 aromatic rings. The van der Waals surface area contributed by atoms with Gasteiger partial charge in [-0.05, 0) is 11.6 Å². The first-order valence-corrected chi connectivity index (χ1v) is 7.62. The summed E-state index contributed by atoms with van der Waals surface area (Å²) < 4.78 is 9.46. The second kappa shape index (κ2) is 6.35. The summed E-state index contributed by atoms with van der Waals surface area (Å²) >= 11 is 0. The van der Waals surface area contributed by atoms with Crippen molar-refractivity contribution in [3.05, 3.63) is 35.5 Å². The molecule has 1 aromatic heterocycles. The summed E-state index contributed by atoms with van der Waals surface area (Å²) in [5.74, 6) is -1.25. The number of para-hydroxylation sites is 1. The van der Waals surface area contributed by atoms with E-state index in [1.165, 1.54) is 19.1 Å². The van der Waals surface area contributed by atoms with Crippen LogP contribution in [0.1, 0.15) is 22.5 Å². The van der Waals surface area contributed by atoms with Crippen LogP contribution in [0.25, 0.3) is 10.9 Å². The van der Waals surface area contributed by atoms with Crippen molar-refractivity contribution in [2.24, 2.45) is 0 Å². The lowest BCUT2D eigenvalue weighted by Gasteiger charge is -2.33. The Hall–Kier alpha value is -2.83. The molecule has 0 aliphatic carbocycles. The number of rotatable bonds is 4. The van der Waals surface area contributed by atoms with E-state index in [0.29, 0.717) is 12.1 Å². The summed E-state index contributed by atoms with van der Waals surface area (Å²) in [5, 5.41) is 0.919. The van der Waals surface area contributed by atoms with Crippen LogP contribution < -0.4 is 0 Å². The quantitative estimate of drug-likeness (QED) is 0.853. The van der Waals surface area contributed by atoms with Crippen LogP contribution in [-0.4, -0.2) is 54.5 Å². The zero-order chi connectivity index (χ0) is 17.3. The van der Waals surface area contributed by atoms with Crippen molar-refractivity contribution >= 4 is 28.7 Å². The van der Waals surface area contributed by atoms with Crippen LogP contribution in [-0.2, 0) is 25.5 Å². The third-order valence-electron chi connectivity index (χ3n) is 4.32. The van der Waals surface area contributed by atoms with Crippen LogP contribution in [0.2, 0.25) is 0 Å². The Labute approximate surface area is 138 Å². The molecule has 3 rings (SSSR count). The third kappa shape index (κ3) is 2.62. The maximum absolute atomic E-state index is 12.9.